The Morgan fingerprint density at radius 3 is 2.59 bits per heavy atom. The third kappa shape index (κ3) is 4.08. The number of sulfone groups is 1. The van der Waals surface area contributed by atoms with Crippen molar-refractivity contribution in [1.82, 2.24) is 4.98 Å². The Bertz CT molecular complexity index is 1300. The van der Waals surface area contributed by atoms with E-state index in [4.69, 9.17) is 4.74 Å². The van der Waals surface area contributed by atoms with Crippen LogP contribution in [0.25, 0.3) is 21.0 Å². The van der Waals surface area contributed by atoms with Crippen molar-refractivity contribution >= 4 is 53.2 Å². The van der Waals surface area contributed by atoms with E-state index in [1.54, 1.807) is 12.1 Å². The molecule has 0 fully saturated rings. The van der Waals surface area contributed by atoms with E-state index in [0.717, 1.165) is 21.0 Å². The molecular formula is C21H18N2O4S2. The first-order chi connectivity index (χ1) is 14.0. The molecule has 3 aromatic carbocycles. The molecule has 6 nitrogen and oxygen atoms in total. The van der Waals surface area contributed by atoms with Gasteiger partial charge in [0.15, 0.2) is 15.0 Å². The Balaban J connectivity index is 1.46. The third-order valence-corrected chi connectivity index (χ3v) is 7.21. The minimum atomic E-state index is -3.56. The van der Waals surface area contributed by atoms with Crippen LogP contribution in [0.1, 0.15) is 6.42 Å². The number of amides is 1. The zero-order valence-electron chi connectivity index (χ0n) is 15.6. The van der Waals surface area contributed by atoms with E-state index in [0.29, 0.717) is 10.9 Å². The van der Waals surface area contributed by atoms with E-state index >= 15 is 0 Å². The molecule has 1 N–H and O–H groups in total. The first-order valence-corrected chi connectivity index (χ1v) is 11.4. The van der Waals surface area contributed by atoms with E-state index in [1.165, 1.54) is 30.6 Å². The van der Waals surface area contributed by atoms with Gasteiger partial charge in [-0.3, -0.25) is 4.79 Å². The van der Waals surface area contributed by atoms with Crippen LogP contribution in [0.4, 0.5) is 5.13 Å². The van der Waals surface area contributed by atoms with Crippen LogP contribution in [0.15, 0.2) is 65.6 Å². The maximum atomic E-state index is 12.4. The van der Waals surface area contributed by atoms with Gasteiger partial charge in [-0.1, -0.05) is 41.7 Å². The smallest absolute Gasteiger partial charge is 0.227 e. The molecule has 8 heteroatoms. The highest BCUT2D eigenvalue weighted by Gasteiger charge is 2.17. The van der Waals surface area contributed by atoms with Crippen LogP contribution in [0.2, 0.25) is 0 Å². The lowest BCUT2D eigenvalue weighted by Gasteiger charge is -2.06. The van der Waals surface area contributed by atoms with Gasteiger partial charge in [-0.15, -0.1) is 0 Å². The second-order valence-electron chi connectivity index (χ2n) is 6.45. The van der Waals surface area contributed by atoms with Gasteiger partial charge in [0.05, 0.1) is 28.0 Å². The first-order valence-electron chi connectivity index (χ1n) is 8.91. The Morgan fingerprint density at radius 1 is 1.07 bits per heavy atom. The summed E-state index contributed by atoms with van der Waals surface area (Å²) >= 11 is 1.37. The Morgan fingerprint density at radius 2 is 1.83 bits per heavy atom. The first kappa shape index (κ1) is 19.4. The molecule has 1 amide bonds. The fourth-order valence-electron chi connectivity index (χ4n) is 3.02. The molecule has 0 aliphatic heterocycles. The van der Waals surface area contributed by atoms with Crippen LogP contribution in [-0.2, 0) is 14.6 Å². The van der Waals surface area contributed by atoms with Crippen molar-refractivity contribution in [3.8, 4) is 5.75 Å². The third-order valence-electron chi connectivity index (χ3n) is 4.55. The average molecular weight is 427 g/mol. The Kier molecular flexibility index (Phi) is 5.21. The van der Waals surface area contributed by atoms with Gasteiger partial charge in [-0.2, -0.15) is 0 Å². The lowest BCUT2D eigenvalue weighted by molar-refractivity contribution is -0.115. The number of anilines is 1. The van der Waals surface area contributed by atoms with Gasteiger partial charge in [0.2, 0.25) is 5.91 Å². The van der Waals surface area contributed by atoms with Gasteiger partial charge in [0.25, 0.3) is 0 Å². The maximum absolute atomic E-state index is 12.4. The molecule has 0 atom stereocenters. The van der Waals surface area contributed by atoms with Crippen LogP contribution in [0, 0.1) is 0 Å². The van der Waals surface area contributed by atoms with Crippen molar-refractivity contribution in [1.29, 1.82) is 0 Å². The molecule has 0 aliphatic rings. The van der Waals surface area contributed by atoms with E-state index in [2.05, 4.69) is 10.3 Å². The van der Waals surface area contributed by atoms with Crippen LogP contribution in [-0.4, -0.2) is 32.2 Å². The van der Waals surface area contributed by atoms with Crippen molar-refractivity contribution in [2.75, 3.05) is 18.2 Å². The SMILES string of the molecule is COc1ccc(S(=O)(=O)CCC(=O)Nc2nc3c(ccc4ccccc43)s2)cc1. The molecule has 148 valence electrons. The van der Waals surface area contributed by atoms with E-state index < -0.39 is 9.84 Å². The highest BCUT2D eigenvalue weighted by atomic mass is 32.2. The average Bonchev–Trinajstić information content (AvgIpc) is 3.15. The summed E-state index contributed by atoms with van der Waals surface area (Å²) in [7, 11) is -2.05. The van der Waals surface area contributed by atoms with E-state index in [-0.39, 0.29) is 23.0 Å². The fourth-order valence-corrected chi connectivity index (χ4v) is 5.16. The molecular weight excluding hydrogens is 408 g/mol. The highest BCUT2D eigenvalue weighted by molar-refractivity contribution is 7.91. The molecule has 0 saturated heterocycles. The van der Waals surface area contributed by atoms with Gasteiger partial charge in [0.1, 0.15) is 5.75 Å². The van der Waals surface area contributed by atoms with Crippen LogP contribution >= 0.6 is 11.3 Å². The number of aromatic nitrogens is 1. The quantitative estimate of drug-likeness (QED) is 0.498. The van der Waals surface area contributed by atoms with Crippen LogP contribution in [0.3, 0.4) is 0 Å². The predicted octanol–water partition coefficient (Wildman–Crippen LogP) is 4.26. The molecule has 4 rings (SSSR count). The molecule has 1 heterocycles. The fraction of sp³-hybridized carbons (Fsp3) is 0.143. The lowest BCUT2D eigenvalue weighted by atomic mass is 10.1. The van der Waals surface area contributed by atoms with Crippen molar-refractivity contribution in [2.24, 2.45) is 0 Å². The number of carbonyl (C=O) groups is 1. The summed E-state index contributed by atoms with van der Waals surface area (Å²) in [5.74, 6) is -0.0885. The van der Waals surface area contributed by atoms with E-state index in [1.807, 2.05) is 36.4 Å². The van der Waals surface area contributed by atoms with E-state index in [9.17, 15) is 13.2 Å². The summed E-state index contributed by atoms with van der Waals surface area (Å²) in [4.78, 5) is 17.0. The Hall–Kier alpha value is -2.97. The van der Waals surface area contributed by atoms with Crippen molar-refractivity contribution < 1.29 is 17.9 Å². The molecule has 0 bridgehead atoms. The van der Waals surface area contributed by atoms with Crippen LogP contribution < -0.4 is 10.1 Å². The number of nitrogens with zero attached hydrogens (tertiary/aromatic N) is 1. The maximum Gasteiger partial charge on any atom is 0.227 e. The standard InChI is InChI=1S/C21H18N2O4S2/c1-27-15-7-9-16(10-8-15)29(25,26)13-12-19(24)22-21-23-20-17-5-3-2-4-14(17)6-11-18(20)28-21/h2-11H,12-13H2,1H3,(H,22,23,24). The number of rotatable bonds is 6. The number of ether oxygens (including phenoxy) is 1. The summed E-state index contributed by atoms with van der Waals surface area (Å²) in [5, 5.41) is 5.28. The summed E-state index contributed by atoms with van der Waals surface area (Å²) < 4.78 is 30.9. The number of hydrogen-bond acceptors (Lipinski definition) is 6. The number of methoxy groups -OCH3 is 1. The van der Waals surface area contributed by atoms with Gasteiger partial charge in [-0.25, -0.2) is 13.4 Å². The summed E-state index contributed by atoms with van der Waals surface area (Å²) in [6.07, 6.45) is -0.148. The molecule has 1 aromatic heterocycles. The monoisotopic (exact) mass is 426 g/mol. The summed E-state index contributed by atoms with van der Waals surface area (Å²) in [6, 6.07) is 18.0. The van der Waals surface area contributed by atoms with Gasteiger partial charge in [0, 0.05) is 11.8 Å². The minimum absolute atomic E-state index is 0.148. The highest BCUT2D eigenvalue weighted by Crippen LogP contribution is 2.31. The molecule has 0 aliphatic carbocycles. The number of hydrogen-bond donors (Lipinski definition) is 1. The summed E-state index contributed by atoms with van der Waals surface area (Å²) in [5.41, 5.74) is 0.828. The largest absolute Gasteiger partial charge is 0.497 e. The second-order valence-corrected chi connectivity index (χ2v) is 9.58. The number of fused-ring (bicyclic) bond motifs is 3. The number of nitrogens with one attached hydrogen (secondary N) is 1. The van der Waals surface area contributed by atoms with Crippen molar-refractivity contribution in [2.45, 2.75) is 11.3 Å². The van der Waals surface area contributed by atoms with Crippen LogP contribution in [0.5, 0.6) is 5.75 Å². The van der Waals surface area contributed by atoms with Gasteiger partial charge >= 0.3 is 0 Å². The topological polar surface area (TPSA) is 85.4 Å². The minimum Gasteiger partial charge on any atom is -0.497 e. The number of thiazole rings is 1. The lowest BCUT2D eigenvalue weighted by Crippen LogP contribution is -2.17. The molecule has 0 radical (unpaired) electrons. The Labute approximate surface area is 172 Å². The normalized spacial score (nSPS) is 11.6. The predicted molar refractivity (Wildman–Crippen MR) is 115 cm³/mol. The van der Waals surface area contributed by atoms with Gasteiger partial charge < -0.3 is 10.1 Å². The zero-order valence-corrected chi connectivity index (χ0v) is 17.2. The molecule has 0 unspecified atom stereocenters. The zero-order chi connectivity index (χ0) is 20.4. The van der Waals surface area contributed by atoms with Crippen molar-refractivity contribution in [3.63, 3.8) is 0 Å². The van der Waals surface area contributed by atoms with Gasteiger partial charge in [-0.05, 0) is 35.7 Å². The molecule has 29 heavy (non-hydrogen) atoms. The molecule has 0 saturated carbocycles. The summed E-state index contributed by atoms with van der Waals surface area (Å²) in [6.45, 7) is 0. The molecule has 0 spiro atoms. The number of benzene rings is 3. The number of carbonyl (C=O) groups excluding carboxylic acids is 1. The second kappa shape index (κ2) is 7.81. The van der Waals surface area contributed by atoms with Crippen molar-refractivity contribution in [3.05, 3.63) is 60.7 Å². The molecule has 4 aromatic rings.